The first-order chi connectivity index (χ1) is 25.7. The molecule has 3 aromatic rings. The Kier molecular flexibility index (Phi) is 18.1. The molecular weight excluding hydrogens is 746 g/mol. The van der Waals surface area contributed by atoms with Crippen LogP contribution in [-0.4, -0.2) is 50.4 Å². The SMILES string of the molecule is CCCCCCNC(=O)N(CCc1cc(C=C(P(=O)(OCC)OCC)P(=O)(OCC)OCC)ccc1F)Cc1ccc(-c2ccccc2C(F)(F)F)cc1. The summed E-state index contributed by atoms with van der Waals surface area (Å²) in [6, 6.07) is 15.6. The maximum Gasteiger partial charge on any atom is 0.417 e. The summed E-state index contributed by atoms with van der Waals surface area (Å²) in [6.07, 6.45) is 0.659. The standard InChI is InChI=1S/C39H52F4N2O7P2/c1-6-11-12-15-25-44-38(46)45(29-30-18-21-32(22-19-30)34-16-13-14-17-35(34)39(41,42)43)26-24-33-27-31(20-23-36(33)40)28-37(53(47,49-7-2)50-8-3)54(48,51-9-4)52-10-5/h13-14,16-23,27-28H,6-12,15,24-26,29H2,1-5H3,(H,44,46). The Hall–Kier alpha value is -3.31. The fourth-order valence-electron chi connectivity index (χ4n) is 5.71. The van der Waals surface area contributed by atoms with Gasteiger partial charge in [0.25, 0.3) is 0 Å². The maximum atomic E-state index is 15.4. The van der Waals surface area contributed by atoms with Crippen LogP contribution in [0.3, 0.4) is 0 Å². The number of unbranched alkanes of at least 4 members (excludes halogenated alkanes) is 3. The first-order valence-corrected chi connectivity index (χ1v) is 21.4. The summed E-state index contributed by atoms with van der Waals surface area (Å²) < 4.78 is 107. The van der Waals surface area contributed by atoms with Gasteiger partial charge in [0.1, 0.15) is 5.82 Å². The van der Waals surface area contributed by atoms with Crippen molar-refractivity contribution in [2.24, 2.45) is 0 Å². The van der Waals surface area contributed by atoms with Gasteiger partial charge in [0.05, 0.1) is 32.0 Å². The van der Waals surface area contributed by atoms with Crippen LogP contribution in [0.2, 0.25) is 0 Å². The fourth-order valence-corrected chi connectivity index (χ4v) is 10.3. The molecule has 9 nitrogen and oxygen atoms in total. The number of halogens is 4. The largest absolute Gasteiger partial charge is 0.417 e. The smallest absolute Gasteiger partial charge is 0.338 e. The number of carbonyl (C=O) groups is 1. The summed E-state index contributed by atoms with van der Waals surface area (Å²) in [5, 5.41) is 2.62. The van der Waals surface area contributed by atoms with E-state index in [9.17, 15) is 27.1 Å². The molecule has 0 aromatic heterocycles. The predicted octanol–water partition coefficient (Wildman–Crippen LogP) is 11.7. The molecule has 0 unspecified atom stereocenters. The predicted molar refractivity (Wildman–Crippen MR) is 205 cm³/mol. The molecule has 0 saturated heterocycles. The third-order valence-electron chi connectivity index (χ3n) is 8.24. The van der Waals surface area contributed by atoms with E-state index in [1.807, 2.05) is 0 Å². The molecule has 0 bridgehead atoms. The lowest BCUT2D eigenvalue weighted by molar-refractivity contribution is -0.137. The fraction of sp³-hybridized carbons (Fsp3) is 0.462. The molecule has 3 aromatic carbocycles. The third kappa shape index (κ3) is 12.9. The average Bonchev–Trinajstić information content (AvgIpc) is 3.13. The zero-order valence-corrected chi connectivity index (χ0v) is 33.4. The van der Waals surface area contributed by atoms with Gasteiger partial charge < -0.3 is 28.3 Å². The summed E-state index contributed by atoms with van der Waals surface area (Å²) >= 11 is 0. The minimum Gasteiger partial charge on any atom is -0.338 e. The number of benzene rings is 3. The van der Waals surface area contributed by atoms with Gasteiger partial charge in [-0.05, 0) is 92.6 Å². The van der Waals surface area contributed by atoms with Crippen LogP contribution in [0.15, 0.2) is 71.8 Å². The van der Waals surface area contributed by atoms with E-state index in [0.717, 1.165) is 31.7 Å². The van der Waals surface area contributed by atoms with Gasteiger partial charge in [0, 0.05) is 19.6 Å². The summed E-state index contributed by atoms with van der Waals surface area (Å²) in [6.45, 7) is 9.05. The number of hydrogen-bond acceptors (Lipinski definition) is 7. The van der Waals surface area contributed by atoms with Gasteiger partial charge in [0.15, 0.2) is 5.06 Å². The highest BCUT2D eigenvalue weighted by atomic mass is 31.2. The Balaban J connectivity index is 1.96. The Labute approximate surface area is 316 Å². The molecule has 0 atom stereocenters. The van der Waals surface area contributed by atoms with E-state index in [0.29, 0.717) is 23.2 Å². The molecule has 0 aliphatic carbocycles. The Morgan fingerprint density at radius 1 is 0.796 bits per heavy atom. The molecule has 2 amide bonds. The van der Waals surface area contributed by atoms with Gasteiger partial charge in [-0.3, -0.25) is 9.13 Å². The van der Waals surface area contributed by atoms with E-state index < -0.39 is 32.7 Å². The topological polar surface area (TPSA) is 103 Å². The van der Waals surface area contributed by atoms with Crippen molar-refractivity contribution < 1.29 is 49.6 Å². The van der Waals surface area contributed by atoms with E-state index in [-0.39, 0.29) is 68.2 Å². The Bertz CT molecular complexity index is 1720. The zero-order chi connectivity index (χ0) is 39.8. The van der Waals surface area contributed by atoms with Gasteiger partial charge in [-0.2, -0.15) is 13.2 Å². The van der Waals surface area contributed by atoms with Crippen LogP contribution in [0.4, 0.5) is 22.4 Å². The zero-order valence-electron chi connectivity index (χ0n) is 31.6. The lowest BCUT2D eigenvalue weighted by Gasteiger charge is -2.26. The Morgan fingerprint density at radius 2 is 1.39 bits per heavy atom. The number of urea groups is 1. The molecule has 0 saturated carbocycles. The van der Waals surface area contributed by atoms with E-state index >= 15 is 4.39 Å². The van der Waals surface area contributed by atoms with Crippen LogP contribution in [-0.2, 0) is 46.4 Å². The molecule has 54 heavy (non-hydrogen) atoms. The van der Waals surface area contributed by atoms with Crippen molar-refractivity contribution in [1.29, 1.82) is 0 Å². The van der Waals surface area contributed by atoms with E-state index in [2.05, 4.69) is 12.2 Å². The van der Waals surface area contributed by atoms with E-state index in [1.165, 1.54) is 41.3 Å². The molecule has 15 heteroatoms. The van der Waals surface area contributed by atoms with Crippen molar-refractivity contribution in [1.82, 2.24) is 10.2 Å². The van der Waals surface area contributed by atoms with Crippen molar-refractivity contribution in [2.75, 3.05) is 39.5 Å². The molecule has 0 radical (unpaired) electrons. The number of nitrogens with zero attached hydrogens (tertiary/aromatic N) is 1. The first kappa shape index (κ1) is 45.1. The highest BCUT2D eigenvalue weighted by Gasteiger charge is 2.45. The normalized spacial score (nSPS) is 12.1. The second-order valence-corrected chi connectivity index (χ2v) is 16.6. The van der Waals surface area contributed by atoms with E-state index in [4.69, 9.17) is 18.1 Å². The van der Waals surface area contributed by atoms with Crippen molar-refractivity contribution in [3.63, 3.8) is 0 Å². The third-order valence-corrected chi connectivity index (χ3v) is 13.5. The van der Waals surface area contributed by atoms with Crippen LogP contribution < -0.4 is 5.32 Å². The van der Waals surface area contributed by atoms with E-state index in [1.54, 1.807) is 58.0 Å². The van der Waals surface area contributed by atoms with Crippen LogP contribution >= 0.6 is 15.2 Å². The highest BCUT2D eigenvalue weighted by Crippen LogP contribution is 2.74. The minimum absolute atomic E-state index is 0.0262. The number of nitrogens with one attached hydrogen (secondary N) is 1. The monoisotopic (exact) mass is 798 g/mol. The van der Waals surface area contributed by atoms with Crippen LogP contribution in [0.25, 0.3) is 17.2 Å². The number of alkyl halides is 3. The first-order valence-electron chi connectivity index (χ1n) is 18.3. The maximum absolute atomic E-state index is 15.4. The minimum atomic E-state index is -4.52. The number of carbonyl (C=O) groups excluding carboxylic acids is 1. The average molecular weight is 799 g/mol. The molecule has 298 valence electrons. The van der Waals surface area contributed by atoms with Gasteiger partial charge in [-0.25, -0.2) is 9.18 Å². The van der Waals surface area contributed by atoms with Crippen molar-refractivity contribution in [2.45, 2.75) is 79.4 Å². The number of rotatable bonds is 22. The summed E-state index contributed by atoms with van der Waals surface area (Å²) in [5.74, 6) is -0.558. The summed E-state index contributed by atoms with van der Waals surface area (Å²) in [4.78, 5) is 15.0. The summed E-state index contributed by atoms with van der Waals surface area (Å²) in [5.41, 5.74) is 0.877. The highest BCUT2D eigenvalue weighted by molar-refractivity contribution is 7.79. The second-order valence-electron chi connectivity index (χ2n) is 12.2. The van der Waals surface area contributed by atoms with Gasteiger partial charge in [-0.1, -0.05) is 74.7 Å². The Morgan fingerprint density at radius 3 is 1.94 bits per heavy atom. The molecule has 0 fully saturated rings. The van der Waals surface area contributed by atoms with Crippen LogP contribution in [0.1, 0.15) is 82.6 Å². The quantitative estimate of drug-likeness (QED) is 0.0613. The molecule has 0 spiro atoms. The second kappa shape index (κ2) is 21.7. The van der Waals surface area contributed by atoms with Crippen LogP contribution in [0.5, 0.6) is 0 Å². The molecule has 1 N–H and O–H groups in total. The van der Waals surface area contributed by atoms with Gasteiger partial charge >= 0.3 is 27.4 Å². The number of hydrogen-bond donors (Lipinski definition) is 1. The molecule has 0 aliphatic rings. The lowest BCUT2D eigenvalue weighted by Crippen LogP contribution is -2.41. The molecule has 3 rings (SSSR count). The van der Waals surface area contributed by atoms with Crippen molar-refractivity contribution >= 4 is 27.3 Å². The van der Waals surface area contributed by atoms with Crippen molar-refractivity contribution in [3.8, 4) is 11.1 Å². The lowest BCUT2D eigenvalue weighted by atomic mass is 9.98. The molecule has 0 heterocycles. The molecule has 0 aliphatic heterocycles. The van der Waals surface area contributed by atoms with Gasteiger partial charge in [-0.15, -0.1) is 0 Å². The van der Waals surface area contributed by atoms with Crippen molar-refractivity contribution in [3.05, 3.63) is 99.9 Å². The number of amides is 2. The summed E-state index contributed by atoms with van der Waals surface area (Å²) in [7, 11) is -8.40. The van der Waals surface area contributed by atoms with Gasteiger partial charge in [0.2, 0.25) is 0 Å². The van der Waals surface area contributed by atoms with Crippen LogP contribution in [0, 0.1) is 5.82 Å². The molecular formula is C39H52F4N2O7P2.